The number of aryl methyl sites for hydroxylation is 2. The van der Waals surface area contributed by atoms with Crippen LogP contribution in [0.4, 0.5) is 0 Å². The highest BCUT2D eigenvalue weighted by Gasteiger charge is 2.36. The van der Waals surface area contributed by atoms with Crippen LogP contribution in [-0.4, -0.2) is 40.7 Å². The number of rotatable bonds is 3. The van der Waals surface area contributed by atoms with Crippen LogP contribution in [0.2, 0.25) is 0 Å². The Hall–Kier alpha value is -3.55. The van der Waals surface area contributed by atoms with E-state index in [-0.39, 0.29) is 35.5 Å². The van der Waals surface area contributed by atoms with Gasteiger partial charge in [0.1, 0.15) is 22.7 Å². The number of pyridine rings is 1. The summed E-state index contributed by atoms with van der Waals surface area (Å²) in [6, 6.07) is 8.65. The van der Waals surface area contributed by atoms with Gasteiger partial charge in [0.2, 0.25) is 0 Å². The van der Waals surface area contributed by atoms with E-state index in [0.29, 0.717) is 42.1 Å². The maximum Gasteiger partial charge on any atom is 0.336 e. The minimum absolute atomic E-state index is 0.0250. The van der Waals surface area contributed by atoms with Crippen molar-refractivity contribution in [3.63, 3.8) is 0 Å². The molecule has 3 aliphatic rings. The highest BCUT2D eigenvalue weighted by molar-refractivity contribution is 5.91. The molecule has 0 N–H and O–H groups in total. The quantitative estimate of drug-likeness (QED) is 0.523. The standard InChI is InChI=1S/C28H30N2O6/c1-16-9-25(33)35-27-19-7-8-28(2,3)36-21(19)11-22(26(16)27)34-15-24(32)29-12-17-10-18(14-29)20-5-4-6-23(31)30(20)13-17/h4-6,9,11,17-18H,7-8,10,12-15H2,1-3H3/t17-,18+/m1/s1. The molecule has 6 rings (SSSR count). The van der Waals surface area contributed by atoms with E-state index in [1.165, 1.54) is 6.07 Å². The van der Waals surface area contributed by atoms with Gasteiger partial charge in [-0.05, 0) is 57.6 Å². The summed E-state index contributed by atoms with van der Waals surface area (Å²) in [5, 5.41) is 0.702. The van der Waals surface area contributed by atoms with Crippen LogP contribution in [0.25, 0.3) is 11.0 Å². The predicted molar refractivity (Wildman–Crippen MR) is 134 cm³/mol. The fourth-order valence-corrected chi connectivity index (χ4v) is 6.07. The summed E-state index contributed by atoms with van der Waals surface area (Å²) in [5.74, 6) is 1.40. The molecule has 1 saturated heterocycles. The molecule has 0 spiro atoms. The number of aromatic nitrogens is 1. The SMILES string of the molecule is Cc1cc(=O)oc2c3c(cc(OCC(=O)N4C[C@H]5C[C@@H](C4)c4cccc(=O)n4C5)c12)OC(C)(C)CC3. The van der Waals surface area contributed by atoms with Gasteiger partial charge in [-0.1, -0.05) is 6.07 Å². The first-order valence-electron chi connectivity index (χ1n) is 12.6. The van der Waals surface area contributed by atoms with Crippen LogP contribution in [0.3, 0.4) is 0 Å². The minimum Gasteiger partial charge on any atom is -0.487 e. The molecule has 2 atom stereocenters. The van der Waals surface area contributed by atoms with Gasteiger partial charge < -0.3 is 23.4 Å². The van der Waals surface area contributed by atoms with E-state index in [2.05, 4.69) is 0 Å². The molecular weight excluding hydrogens is 460 g/mol. The summed E-state index contributed by atoms with van der Waals surface area (Å²) >= 11 is 0. The highest BCUT2D eigenvalue weighted by Crippen LogP contribution is 2.43. The Morgan fingerprint density at radius 3 is 2.83 bits per heavy atom. The fourth-order valence-electron chi connectivity index (χ4n) is 6.07. The van der Waals surface area contributed by atoms with Gasteiger partial charge in [-0.25, -0.2) is 4.79 Å². The van der Waals surface area contributed by atoms with Gasteiger partial charge in [-0.3, -0.25) is 9.59 Å². The number of ether oxygens (including phenoxy) is 2. The number of carbonyl (C=O) groups is 1. The number of nitrogens with zero attached hydrogens (tertiary/aromatic N) is 2. The number of hydrogen-bond acceptors (Lipinski definition) is 6. The van der Waals surface area contributed by atoms with E-state index in [1.807, 2.05) is 42.4 Å². The molecule has 2 aromatic heterocycles. The van der Waals surface area contributed by atoms with Crippen LogP contribution < -0.4 is 20.7 Å². The van der Waals surface area contributed by atoms with Crippen molar-refractivity contribution in [3.8, 4) is 11.5 Å². The van der Waals surface area contributed by atoms with E-state index in [0.717, 1.165) is 36.1 Å². The molecule has 8 heteroatoms. The summed E-state index contributed by atoms with van der Waals surface area (Å²) in [7, 11) is 0. The molecule has 1 amide bonds. The first kappa shape index (κ1) is 22.9. The topological polar surface area (TPSA) is 91.0 Å². The first-order valence-corrected chi connectivity index (χ1v) is 12.6. The van der Waals surface area contributed by atoms with Crippen molar-refractivity contribution in [2.24, 2.45) is 5.92 Å². The molecule has 3 aromatic rings. The molecule has 1 fully saturated rings. The zero-order valence-electron chi connectivity index (χ0n) is 20.8. The molecule has 8 nitrogen and oxygen atoms in total. The van der Waals surface area contributed by atoms with E-state index < -0.39 is 5.63 Å². The average Bonchev–Trinajstić information content (AvgIpc) is 2.81. The maximum absolute atomic E-state index is 13.3. The maximum atomic E-state index is 13.3. The Kier molecular flexibility index (Phi) is 5.24. The van der Waals surface area contributed by atoms with Crippen molar-refractivity contribution in [1.82, 2.24) is 9.47 Å². The Morgan fingerprint density at radius 2 is 2.00 bits per heavy atom. The molecule has 0 saturated carbocycles. The summed E-state index contributed by atoms with van der Waals surface area (Å²) < 4.78 is 19.8. The second kappa shape index (κ2) is 8.25. The third-order valence-corrected chi connectivity index (χ3v) is 7.79. The Bertz CT molecular complexity index is 1500. The zero-order valence-corrected chi connectivity index (χ0v) is 20.8. The lowest BCUT2D eigenvalue weighted by Crippen LogP contribution is -2.50. The lowest BCUT2D eigenvalue weighted by atomic mass is 9.83. The second-order valence-corrected chi connectivity index (χ2v) is 11.0. The van der Waals surface area contributed by atoms with E-state index >= 15 is 0 Å². The number of hydrogen-bond donors (Lipinski definition) is 0. The van der Waals surface area contributed by atoms with Crippen LogP contribution >= 0.6 is 0 Å². The summed E-state index contributed by atoms with van der Waals surface area (Å²) in [5.41, 5.74) is 2.35. The van der Waals surface area contributed by atoms with Gasteiger partial charge in [-0.2, -0.15) is 0 Å². The summed E-state index contributed by atoms with van der Waals surface area (Å²) in [6.45, 7) is 7.58. The van der Waals surface area contributed by atoms with Crippen molar-refractivity contribution in [2.75, 3.05) is 19.7 Å². The Balaban J connectivity index is 1.27. The lowest BCUT2D eigenvalue weighted by molar-refractivity contribution is -0.136. The number of fused-ring (bicyclic) bond motifs is 7. The summed E-state index contributed by atoms with van der Waals surface area (Å²) in [6.07, 6.45) is 2.51. The third-order valence-electron chi connectivity index (χ3n) is 7.79. The lowest BCUT2D eigenvalue weighted by Gasteiger charge is -2.42. The molecule has 36 heavy (non-hydrogen) atoms. The van der Waals surface area contributed by atoms with Gasteiger partial charge in [0.15, 0.2) is 6.61 Å². The second-order valence-electron chi connectivity index (χ2n) is 11.0. The number of amides is 1. The average molecular weight is 491 g/mol. The molecule has 0 unspecified atom stereocenters. The summed E-state index contributed by atoms with van der Waals surface area (Å²) in [4.78, 5) is 39.6. The first-order chi connectivity index (χ1) is 17.2. The molecule has 1 aromatic carbocycles. The minimum atomic E-state index is -0.417. The molecular formula is C28H30N2O6. The van der Waals surface area contributed by atoms with E-state index in [4.69, 9.17) is 13.9 Å². The Labute approximate surface area is 208 Å². The van der Waals surface area contributed by atoms with Gasteiger partial charge in [0.25, 0.3) is 11.5 Å². The van der Waals surface area contributed by atoms with Crippen LogP contribution in [0.5, 0.6) is 11.5 Å². The van der Waals surface area contributed by atoms with Crippen LogP contribution in [0, 0.1) is 12.8 Å². The number of piperidine rings is 1. The fraction of sp³-hybridized carbons (Fsp3) is 0.464. The van der Waals surface area contributed by atoms with Crippen LogP contribution in [-0.2, 0) is 17.8 Å². The predicted octanol–water partition coefficient (Wildman–Crippen LogP) is 3.39. The van der Waals surface area contributed by atoms with Gasteiger partial charge >= 0.3 is 5.63 Å². The van der Waals surface area contributed by atoms with Crippen LogP contribution in [0.1, 0.15) is 49.4 Å². The van der Waals surface area contributed by atoms with E-state index in [1.54, 1.807) is 12.1 Å². The number of carbonyl (C=O) groups excluding carboxylic acids is 1. The molecule has 2 bridgehead atoms. The largest absolute Gasteiger partial charge is 0.487 e. The third kappa shape index (κ3) is 3.88. The van der Waals surface area contributed by atoms with Crippen LogP contribution in [0.15, 0.2) is 44.3 Å². The van der Waals surface area contributed by atoms with Crippen molar-refractivity contribution >= 4 is 16.9 Å². The van der Waals surface area contributed by atoms with Gasteiger partial charge in [0.05, 0.1) is 5.39 Å². The van der Waals surface area contributed by atoms with Gasteiger partial charge in [-0.15, -0.1) is 0 Å². The van der Waals surface area contributed by atoms with Gasteiger partial charge in [0, 0.05) is 55.0 Å². The molecule has 188 valence electrons. The normalized spacial score (nSPS) is 21.9. The van der Waals surface area contributed by atoms with E-state index in [9.17, 15) is 14.4 Å². The molecule has 3 aliphatic heterocycles. The monoisotopic (exact) mass is 490 g/mol. The molecule has 0 aliphatic carbocycles. The number of benzene rings is 1. The molecule has 0 radical (unpaired) electrons. The zero-order chi connectivity index (χ0) is 25.2. The van der Waals surface area contributed by atoms with Crippen molar-refractivity contribution < 1.29 is 18.7 Å². The van der Waals surface area contributed by atoms with Crippen molar-refractivity contribution in [2.45, 2.75) is 58.1 Å². The highest BCUT2D eigenvalue weighted by atomic mass is 16.5. The smallest absolute Gasteiger partial charge is 0.336 e. The number of likely N-dealkylation sites (tertiary alicyclic amines) is 1. The molecule has 5 heterocycles. The van der Waals surface area contributed by atoms with Crippen molar-refractivity contribution in [1.29, 1.82) is 0 Å². The Morgan fingerprint density at radius 1 is 1.17 bits per heavy atom. The van der Waals surface area contributed by atoms with Crippen molar-refractivity contribution in [3.05, 3.63) is 67.9 Å².